The maximum atomic E-state index is 12.8. The molecular weight excluding hydrogens is 414 g/mol. The number of amides is 1. The molecule has 1 aromatic carbocycles. The monoisotopic (exact) mass is 443 g/mol. The van der Waals surface area contributed by atoms with Crippen molar-refractivity contribution in [2.45, 2.75) is 25.0 Å². The van der Waals surface area contributed by atoms with Crippen LogP contribution in [0.4, 0.5) is 0 Å². The highest BCUT2D eigenvalue weighted by Crippen LogP contribution is 2.22. The molecule has 2 aliphatic heterocycles. The van der Waals surface area contributed by atoms with Crippen LogP contribution >= 0.6 is 11.6 Å². The molecule has 29 heavy (non-hydrogen) atoms. The summed E-state index contributed by atoms with van der Waals surface area (Å²) in [7, 11) is -3.46. The van der Waals surface area contributed by atoms with Gasteiger partial charge in [0.25, 0.3) is 0 Å². The van der Waals surface area contributed by atoms with Gasteiger partial charge < -0.3 is 10.1 Å². The van der Waals surface area contributed by atoms with Gasteiger partial charge in [-0.25, -0.2) is 12.7 Å². The minimum absolute atomic E-state index is 0.0432. The van der Waals surface area contributed by atoms with Crippen molar-refractivity contribution in [2.24, 2.45) is 5.92 Å². The first kappa shape index (κ1) is 22.5. The van der Waals surface area contributed by atoms with E-state index in [1.807, 2.05) is 0 Å². The number of carbonyl (C=O) groups excluding carboxylic acids is 1. The summed E-state index contributed by atoms with van der Waals surface area (Å²) in [6.45, 7) is 5.71. The Morgan fingerprint density at radius 3 is 2.62 bits per heavy atom. The van der Waals surface area contributed by atoms with Crippen LogP contribution in [-0.2, 0) is 25.3 Å². The van der Waals surface area contributed by atoms with Crippen molar-refractivity contribution in [3.63, 3.8) is 0 Å². The quantitative estimate of drug-likeness (QED) is 0.619. The second-order valence-electron chi connectivity index (χ2n) is 7.68. The molecule has 0 saturated carbocycles. The van der Waals surface area contributed by atoms with E-state index in [9.17, 15) is 13.2 Å². The Balaban J connectivity index is 1.44. The van der Waals surface area contributed by atoms with Gasteiger partial charge >= 0.3 is 0 Å². The largest absolute Gasteiger partial charge is 0.379 e. The zero-order valence-electron chi connectivity index (χ0n) is 16.7. The van der Waals surface area contributed by atoms with Crippen LogP contribution in [0.2, 0.25) is 5.02 Å². The lowest BCUT2D eigenvalue weighted by molar-refractivity contribution is -0.126. The van der Waals surface area contributed by atoms with E-state index in [0.717, 1.165) is 45.7 Å². The number of halogens is 1. The highest BCUT2D eigenvalue weighted by molar-refractivity contribution is 7.88. The second-order valence-corrected chi connectivity index (χ2v) is 10.1. The standard InChI is InChI=1S/C20H30ClN3O4S/c21-19-6-4-17(5-7-19)16-29(26,27)24-10-1-3-18(15-24)20(25)22-8-2-9-23-11-13-28-14-12-23/h4-7,18H,1-3,8-16H2,(H,22,25). The van der Waals surface area contributed by atoms with Crippen LogP contribution in [0.25, 0.3) is 0 Å². The van der Waals surface area contributed by atoms with Crippen LogP contribution in [-0.4, -0.2) is 76.0 Å². The second kappa shape index (κ2) is 10.7. The summed E-state index contributed by atoms with van der Waals surface area (Å²) in [4.78, 5) is 14.9. The zero-order valence-corrected chi connectivity index (χ0v) is 18.3. The predicted molar refractivity (Wildman–Crippen MR) is 113 cm³/mol. The fraction of sp³-hybridized carbons (Fsp3) is 0.650. The van der Waals surface area contributed by atoms with Crippen LogP contribution in [0, 0.1) is 5.92 Å². The van der Waals surface area contributed by atoms with Crippen LogP contribution in [0.15, 0.2) is 24.3 Å². The Bertz CT molecular complexity index is 766. The molecule has 0 radical (unpaired) electrons. The molecule has 0 aromatic heterocycles. The Kier molecular flexibility index (Phi) is 8.32. The van der Waals surface area contributed by atoms with E-state index in [4.69, 9.17) is 16.3 Å². The molecule has 1 unspecified atom stereocenters. The van der Waals surface area contributed by atoms with Crippen molar-refractivity contribution in [3.05, 3.63) is 34.9 Å². The topological polar surface area (TPSA) is 79.0 Å². The number of morpholine rings is 1. The first-order valence-electron chi connectivity index (χ1n) is 10.2. The molecule has 1 aromatic rings. The average Bonchev–Trinajstić information content (AvgIpc) is 2.73. The molecule has 162 valence electrons. The van der Waals surface area contributed by atoms with Gasteiger partial charge in [0.15, 0.2) is 0 Å². The molecule has 0 aliphatic carbocycles. The van der Waals surface area contributed by atoms with E-state index in [1.54, 1.807) is 24.3 Å². The average molecular weight is 444 g/mol. The van der Waals surface area contributed by atoms with Gasteiger partial charge in [-0.2, -0.15) is 0 Å². The van der Waals surface area contributed by atoms with Gasteiger partial charge in [0, 0.05) is 37.7 Å². The Morgan fingerprint density at radius 2 is 1.90 bits per heavy atom. The Hall–Kier alpha value is -1.19. The van der Waals surface area contributed by atoms with Crippen molar-refractivity contribution < 1.29 is 17.9 Å². The third-order valence-electron chi connectivity index (χ3n) is 5.46. The van der Waals surface area contributed by atoms with E-state index in [1.165, 1.54) is 4.31 Å². The molecule has 1 N–H and O–H groups in total. The molecule has 2 fully saturated rings. The lowest BCUT2D eigenvalue weighted by Gasteiger charge is -2.31. The first-order chi connectivity index (χ1) is 13.9. The summed E-state index contributed by atoms with van der Waals surface area (Å²) >= 11 is 5.87. The molecule has 1 atom stereocenters. The smallest absolute Gasteiger partial charge is 0.224 e. The molecule has 0 bridgehead atoms. The third kappa shape index (κ3) is 6.93. The number of ether oxygens (including phenoxy) is 1. The minimum atomic E-state index is -3.46. The molecule has 3 rings (SSSR count). The molecule has 7 nitrogen and oxygen atoms in total. The van der Waals surface area contributed by atoms with Crippen molar-refractivity contribution >= 4 is 27.5 Å². The number of hydrogen-bond donors (Lipinski definition) is 1. The molecule has 1 amide bonds. The predicted octanol–water partition coefficient (Wildman–Crippen LogP) is 1.72. The fourth-order valence-corrected chi connectivity index (χ4v) is 5.51. The molecule has 0 spiro atoms. The number of nitrogens with one attached hydrogen (secondary N) is 1. The lowest BCUT2D eigenvalue weighted by Crippen LogP contribution is -2.46. The third-order valence-corrected chi connectivity index (χ3v) is 7.53. The van der Waals surface area contributed by atoms with E-state index in [2.05, 4.69) is 10.2 Å². The van der Waals surface area contributed by atoms with Crippen molar-refractivity contribution in [1.82, 2.24) is 14.5 Å². The van der Waals surface area contributed by atoms with E-state index in [-0.39, 0.29) is 24.1 Å². The Morgan fingerprint density at radius 1 is 1.17 bits per heavy atom. The summed E-state index contributed by atoms with van der Waals surface area (Å²) in [6, 6.07) is 6.83. The van der Waals surface area contributed by atoms with Crippen LogP contribution in [0.1, 0.15) is 24.8 Å². The maximum absolute atomic E-state index is 12.8. The van der Waals surface area contributed by atoms with Crippen LogP contribution < -0.4 is 5.32 Å². The molecule has 2 aliphatic rings. The number of rotatable bonds is 8. The summed E-state index contributed by atoms with van der Waals surface area (Å²) in [5, 5.41) is 3.57. The number of carbonyl (C=O) groups is 1. The normalized spacial score (nSPS) is 21.8. The summed E-state index contributed by atoms with van der Waals surface area (Å²) in [5.74, 6) is -0.400. The van der Waals surface area contributed by atoms with E-state index < -0.39 is 10.0 Å². The Labute approximate surface area is 178 Å². The molecular formula is C20H30ClN3O4S. The number of piperidine rings is 1. The van der Waals surface area contributed by atoms with Gasteiger partial charge in [0.2, 0.25) is 15.9 Å². The van der Waals surface area contributed by atoms with Gasteiger partial charge in [0.05, 0.1) is 24.9 Å². The van der Waals surface area contributed by atoms with Gasteiger partial charge in [-0.3, -0.25) is 9.69 Å². The highest BCUT2D eigenvalue weighted by atomic mass is 35.5. The van der Waals surface area contributed by atoms with Gasteiger partial charge in [-0.15, -0.1) is 0 Å². The summed E-state index contributed by atoms with van der Waals surface area (Å²) in [6.07, 6.45) is 2.31. The maximum Gasteiger partial charge on any atom is 0.224 e. The highest BCUT2D eigenvalue weighted by Gasteiger charge is 2.32. The first-order valence-corrected chi connectivity index (χ1v) is 12.2. The molecule has 2 saturated heterocycles. The van der Waals surface area contributed by atoms with Crippen molar-refractivity contribution in [1.29, 1.82) is 0 Å². The molecule has 2 heterocycles. The SMILES string of the molecule is O=C(NCCCN1CCOCC1)C1CCCN(S(=O)(=O)Cc2ccc(Cl)cc2)C1. The minimum Gasteiger partial charge on any atom is -0.379 e. The summed E-state index contributed by atoms with van der Waals surface area (Å²) in [5.41, 5.74) is 0.698. The van der Waals surface area contributed by atoms with Crippen LogP contribution in [0.3, 0.4) is 0 Å². The fourth-order valence-electron chi connectivity index (χ4n) is 3.77. The number of nitrogens with zero attached hydrogens (tertiary/aromatic N) is 2. The summed E-state index contributed by atoms with van der Waals surface area (Å²) < 4.78 is 32.4. The lowest BCUT2D eigenvalue weighted by atomic mass is 9.99. The van der Waals surface area contributed by atoms with E-state index >= 15 is 0 Å². The van der Waals surface area contributed by atoms with Gasteiger partial charge in [-0.1, -0.05) is 23.7 Å². The number of benzene rings is 1. The van der Waals surface area contributed by atoms with Crippen molar-refractivity contribution in [2.75, 3.05) is 52.5 Å². The zero-order chi connectivity index (χ0) is 20.7. The van der Waals surface area contributed by atoms with Crippen LogP contribution in [0.5, 0.6) is 0 Å². The number of hydrogen-bond acceptors (Lipinski definition) is 5. The van der Waals surface area contributed by atoms with Gasteiger partial charge in [0.1, 0.15) is 0 Å². The van der Waals surface area contributed by atoms with E-state index in [0.29, 0.717) is 30.1 Å². The molecule has 9 heteroatoms. The van der Waals surface area contributed by atoms with Crippen molar-refractivity contribution in [3.8, 4) is 0 Å². The van der Waals surface area contributed by atoms with Gasteiger partial charge in [-0.05, 0) is 43.5 Å². The number of sulfonamides is 1.